The first-order chi connectivity index (χ1) is 16.0. The number of carboxylic acid groups (broad SMARTS) is 1. The molecule has 1 aliphatic heterocycles. The Morgan fingerprint density at radius 2 is 2.27 bits per heavy atom. The number of fused-ring (bicyclic) bond motifs is 1. The Hall–Kier alpha value is -2.16. The summed E-state index contributed by atoms with van der Waals surface area (Å²) in [7, 11) is 1.59. The number of nitrogens with zero attached hydrogens (tertiary/aromatic N) is 2. The first kappa shape index (κ1) is 24.0. The second-order valence-corrected chi connectivity index (χ2v) is 10.7. The molecular formula is C25H29FN2O3S2. The van der Waals surface area contributed by atoms with Gasteiger partial charge >= 0.3 is 5.97 Å². The van der Waals surface area contributed by atoms with Crippen molar-refractivity contribution in [2.75, 3.05) is 32.5 Å². The Labute approximate surface area is 202 Å². The van der Waals surface area contributed by atoms with Gasteiger partial charge in [0.25, 0.3) is 0 Å². The first-order valence-electron chi connectivity index (χ1n) is 11.2. The van der Waals surface area contributed by atoms with E-state index < -0.39 is 18.1 Å². The van der Waals surface area contributed by atoms with Gasteiger partial charge in [0.15, 0.2) is 0 Å². The molecule has 33 heavy (non-hydrogen) atoms. The van der Waals surface area contributed by atoms with Crippen molar-refractivity contribution in [3.05, 3.63) is 53.5 Å². The van der Waals surface area contributed by atoms with Crippen LogP contribution in [0.3, 0.4) is 0 Å². The maximum atomic E-state index is 15.3. The molecule has 5 nitrogen and oxygen atoms in total. The van der Waals surface area contributed by atoms with E-state index in [0.717, 1.165) is 36.2 Å². The topological polar surface area (TPSA) is 62.7 Å². The molecule has 3 atom stereocenters. The number of alkyl halides is 1. The number of carbonyl (C=O) groups is 1. The van der Waals surface area contributed by atoms with E-state index in [9.17, 15) is 9.90 Å². The summed E-state index contributed by atoms with van der Waals surface area (Å²) in [6, 6.07) is 11.3. The van der Waals surface area contributed by atoms with Gasteiger partial charge < -0.3 is 14.7 Å². The number of carboxylic acids is 1. The maximum absolute atomic E-state index is 15.3. The van der Waals surface area contributed by atoms with Gasteiger partial charge in [-0.2, -0.15) is 0 Å². The molecule has 0 radical (unpaired) electrons. The summed E-state index contributed by atoms with van der Waals surface area (Å²) in [4.78, 5) is 18.6. The fourth-order valence-electron chi connectivity index (χ4n) is 4.58. The zero-order valence-corrected chi connectivity index (χ0v) is 20.3. The number of hydrogen-bond acceptors (Lipinski definition) is 6. The Balaban J connectivity index is 1.34. The van der Waals surface area contributed by atoms with Crippen molar-refractivity contribution >= 4 is 40.0 Å². The van der Waals surface area contributed by atoms with Crippen molar-refractivity contribution in [2.45, 2.75) is 29.6 Å². The number of pyridine rings is 1. The number of aliphatic carboxylic acids is 1. The average molecular weight is 489 g/mol. The molecule has 3 aromatic rings. The van der Waals surface area contributed by atoms with Crippen LogP contribution in [0.1, 0.15) is 31.0 Å². The number of thioether (sulfide) groups is 1. The number of rotatable bonds is 10. The van der Waals surface area contributed by atoms with Crippen molar-refractivity contribution in [3.8, 4) is 5.75 Å². The van der Waals surface area contributed by atoms with Crippen LogP contribution in [0.25, 0.3) is 10.9 Å². The first-order valence-corrected chi connectivity index (χ1v) is 13.1. The minimum absolute atomic E-state index is 0.00964. The Morgan fingerprint density at radius 3 is 3.03 bits per heavy atom. The summed E-state index contributed by atoms with van der Waals surface area (Å²) < 4.78 is 21.9. The standard InChI is InChI=1S/C25H29FN2O3S2/c1-31-18-5-7-23-20(15-18)19(8-10-27-23)22(26)6-4-17-9-11-28(16-21(17)25(29)30)12-14-33-24-3-2-13-32-24/h2-3,5,7-8,10,13,15,17,21-22H,4,6,9,11-12,14,16H2,1H3,(H,29,30)/t17-,21+,22-/m1/s1. The van der Waals surface area contributed by atoms with Gasteiger partial charge in [0, 0.05) is 30.4 Å². The molecule has 1 fully saturated rings. The van der Waals surface area contributed by atoms with Gasteiger partial charge in [0.1, 0.15) is 11.9 Å². The third kappa shape index (κ3) is 6.05. The minimum Gasteiger partial charge on any atom is -0.497 e. The molecule has 0 saturated carbocycles. The van der Waals surface area contributed by atoms with Gasteiger partial charge in [-0.25, -0.2) is 4.39 Å². The van der Waals surface area contributed by atoms with Crippen molar-refractivity contribution in [2.24, 2.45) is 11.8 Å². The number of aromatic nitrogens is 1. The van der Waals surface area contributed by atoms with E-state index in [0.29, 0.717) is 30.7 Å². The molecule has 8 heteroatoms. The summed E-state index contributed by atoms with van der Waals surface area (Å²) in [6.45, 7) is 2.28. The fourth-order valence-corrected chi connectivity index (χ4v) is 6.44. The van der Waals surface area contributed by atoms with E-state index in [1.54, 1.807) is 30.7 Å². The van der Waals surface area contributed by atoms with E-state index >= 15 is 4.39 Å². The van der Waals surface area contributed by atoms with E-state index in [1.165, 1.54) is 4.21 Å². The van der Waals surface area contributed by atoms with Crippen LogP contribution in [0.5, 0.6) is 5.75 Å². The molecule has 0 bridgehead atoms. The van der Waals surface area contributed by atoms with Crippen molar-refractivity contribution < 1.29 is 19.0 Å². The largest absolute Gasteiger partial charge is 0.497 e. The molecule has 3 heterocycles. The zero-order chi connectivity index (χ0) is 23.2. The Kier molecular flexibility index (Phi) is 8.22. The molecule has 4 rings (SSSR count). The SMILES string of the molecule is COc1ccc2nccc([C@H](F)CC[C@@H]3CCN(CCSc4cccs4)C[C@@H]3C(=O)O)c2c1. The maximum Gasteiger partial charge on any atom is 0.308 e. The summed E-state index contributed by atoms with van der Waals surface area (Å²) in [5, 5.41) is 12.7. The summed E-state index contributed by atoms with van der Waals surface area (Å²) in [5.74, 6) is 0.379. The number of likely N-dealkylation sites (tertiary alicyclic amines) is 1. The smallest absolute Gasteiger partial charge is 0.308 e. The normalized spacial score (nSPS) is 20.1. The van der Waals surface area contributed by atoms with Crippen LogP contribution in [-0.4, -0.2) is 53.5 Å². The van der Waals surface area contributed by atoms with Crippen molar-refractivity contribution in [1.82, 2.24) is 9.88 Å². The van der Waals surface area contributed by atoms with Gasteiger partial charge in [-0.05, 0) is 73.0 Å². The molecule has 1 saturated heterocycles. The molecule has 0 spiro atoms. The summed E-state index contributed by atoms with van der Waals surface area (Å²) in [5.41, 5.74) is 1.32. The molecule has 2 aromatic heterocycles. The van der Waals surface area contributed by atoms with Crippen LogP contribution in [0.2, 0.25) is 0 Å². The highest BCUT2D eigenvalue weighted by atomic mass is 32.2. The van der Waals surface area contributed by atoms with Crippen molar-refractivity contribution in [3.63, 3.8) is 0 Å². The van der Waals surface area contributed by atoms with Gasteiger partial charge in [-0.1, -0.05) is 6.07 Å². The number of hydrogen-bond donors (Lipinski definition) is 1. The molecule has 176 valence electrons. The van der Waals surface area contributed by atoms with E-state index in [1.807, 2.05) is 36.0 Å². The lowest BCUT2D eigenvalue weighted by molar-refractivity contribution is -0.146. The highest BCUT2D eigenvalue weighted by molar-refractivity contribution is 8.01. The lowest BCUT2D eigenvalue weighted by Crippen LogP contribution is -2.44. The molecule has 1 N–H and O–H groups in total. The number of piperidine rings is 1. The Morgan fingerprint density at radius 1 is 1.39 bits per heavy atom. The molecule has 0 aliphatic carbocycles. The molecule has 0 amide bonds. The number of benzene rings is 1. The van der Waals surface area contributed by atoms with Crippen LogP contribution in [0, 0.1) is 11.8 Å². The molecular weight excluding hydrogens is 459 g/mol. The predicted octanol–water partition coefficient (Wildman–Crippen LogP) is 5.91. The van der Waals surface area contributed by atoms with Gasteiger partial charge in [-0.15, -0.1) is 23.1 Å². The number of thiophene rings is 1. The van der Waals surface area contributed by atoms with Gasteiger partial charge in [0.05, 0.1) is 22.8 Å². The fraction of sp³-hybridized carbons (Fsp3) is 0.440. The van der Waals surface area contributed by atoms with Gasteiger partial charge in [-0.3, -0.25) is 9.78 Å². The predicted molar refractivity (Wildman–Crippen MR) is 132 cm³/mol. The lowest BCUT2D eigenvalue weighted by atomic mass is 9.81. The van der Waals surface area contributed by atoms with Crippen molar-refractivity contribution in [1.29, 1.82) is 0 Å². The van der Waals surface area contributed by atoms with Gasteiger partial charge in [0.2, 0.25) is 0 Å². The van der Waals surface area contributed by atoms with Crippen LogP contribution in [0.15, 0.2) is 52.2 Å². The summed E-state index contributed by atoms with van der Waals surface area (Å²) >= 11 is 3.54. The second-order valence-electron chi connectivity index (χ2n) is 8.40. The molecule has 1 aliphatic rings. The average Bonchev–Trinajstić information content (AvgIpc) is 3.35. The molecule has 1 aromatic carbocycles. The van der Waals surface area contributed by atoms with Crippen LogP contribution < -0.4 is 4.74 Å². The van der Waals surface area contributed by atoms with Crippen LogP contribution in [-0.2, 0) is 4.79 Å². The Bertz CT molecular complexity index is 1060. The summed E-state index contributed by atoms with van der Waals surface area (Å²) in [6.07, 6.45) is 2.11. The number of methoxy groups -OCH3 is 1. The van der Waals surface area contributed by atoms with E-state index in [-0.39, 0.29) is 5.92 Å². The zero-order valence-electron chi connectivity index (χ0n) is 18.7. The third-order valence-electron chi connectivity index (χ3n) is 6.41. The van der Waals surface area contributed by atoms with E-state index in [4.69, 9.17) is 4.74 Å². The molecule has 0 unspecified atom stereocenters. The highest BCUT2D eigenvalue weighted by Gasteiger charge is 2.34. The quantitative estimate of drug-likeness (QED) is 0.358. The monoisotopic (exact) mass is 488 g/mol. The third-order valence-corrected chi connectivity index (χ3v) is 8.53. The number of halogens is 1. The second kappa shape index (κ2) is 11.3. The van der Waals surface area contributed by atoms with Crippen LogP contribution in [0.4, 0.5) is 4.39 Å². The highest BCUT2D eigenvalue weighted by Crippen LogP contribution is 2.35. The van der Waals surface area contributed by atoms with E-state index in [2.05, 4.69) is 21.3 Å². The van der Waals surface area contributed by atoms with Crippen LogP contribution >= 0.6 is 23.1 Å². The minimum atomic E-state index is -1.17. The number of ether oxygens (including phenoxy) is 1. The lowest BCUT2D eigenvalue weighted by Gasteiger charge is -2.36.